The van der Waals surface area contributed by atoms with Gasteiger partial charge in [0.25, 0.3) is 5.56 Å². The lowest BCUT2D eigenvalue weighted by Gasteiger charge is -2.11. The molecule has 0 fully saturated rings. The minimum Gasteiger partial charge on any atom is -0.467 e. The van der Waals surface area contributed by atoms with Crippen LogP contribution in [0.4, 0.5) is 0 Å². The van der Waals surface area contributed by atoms with E-state index in [1.165, 1.54) is 27.7 Å². The predicted octanol–water partition coefficient (Wildman–Crippen LogP) is 2.56. The first-order valence-electron chi connectivity index (χ1n) is 6.96. The Bertz CT molecular complexity index is 883. The maximum Gasteiger partial charge on any atom is 0.271 e. The number of rotatable bonds is 5. The highest BCUT2D eigenvalue weighted by Gasteiger charge is 2.14. The van der Waals surface area contributed by atoms with Gasteiger partial charge in [0.15, 0.2) is 5.16 Å². The molecule has 0 saturated heterocycles. The number of nitrogens with one attached hydrogen (secondary N) is 1. The summed E-state index contributed by atoms with van der Waals surface area (Å²) >= 11 is 2.61. The van der Waals surface area contributed by atoms with Crippen LogP contribution in [-0.2, 0) is 11.8 Å². The number of thiophene rings is 1. The van der Waals surface area contributed by atoms with Crippen LogP contribution in [-0.4, -0.2) is 21.2 Å². The van der Waals surface area contributed by atoms with Gasteiger partial charge in [-0.1, -0.05) is 11.8 Å². The molecule has 3 aromatic heterocycles. The van der Waals surface area contributed by atoms with Gasteiger partial charge in [0, 0.05) is 7.05 Å². The molecule has 0 aliphatic carbocycles. The van der Waals surface area contributed by atoms with E-state index in [1.807, 2.05) is 24.4 Å². The summed E-state index contributed by atoms with van der Waals surface area (Å²) in [5.74, 6) is 0.744. The molecule has 1 atom stereocenters. The highest BCUT2D eigenvalue weighted by molar-refractivity contribution is 7.99. The van der Waals surface area contributed by atoms with Crippen LogP contribution in [0.2, 0.25) is 0 Å². The minimum atomic E-state index is -0.200. The number of thioether (sulfide) groups is 1. The molecule has 0 saturated carbocycles. The van der Waals surface area contributed by atoms with Crippen LogP contribution in [0, 0.1) is 0 Å². The second-order valence-corrected chi connectivity index (χ2v) is 6.85. The van der Waals surface area contributed by atoms with Crippen molar-refractivity contribution in [1.82, 2.24) is 14.9 Å². The summed E-state index contributed by atoms with van der Waals surface area (Å²) in [5, 5.41) is 5.22. The highest BCUT2D eigenvalue weighted by Crippen LogP contribution is 2.20. The summed E-state index contributed by atoms with van der Waals surface area (Å²) in [6, 6.07) is 5.20. The molecule has 1 amide bonds. The number of hydrogen-bond donors (Lipinski definition) is 1. The number of furan rings is 1. The van der Waals surface area contributed by atoms with Crippen LogP contribution >= 0.6 is 23.1 Å². The van der Waals surface area contributed by atoms with Crippen LogP contribution in [0.15, 0.2) is 44.2 Å². The zero-order valence-electron chi connectivity index (χ0n) is 12.6. The Morgan fingerprint density at radius 3 is 3.09 bits per heavy atom. The SMILES string of the molecule is CC(NC(=O)CSc1nc2ccsc2c(=O)n1C)c1ccco1. The number of hydrogen-bond acceptors (Lipinski definition) is 6. The lowest BCUT2D eigenvalue weighted by molar-refractivity contribution is -0.119. The highest BCUT2D eigenvalue weighted by atomic mass is 32.2. The molecule has 120 valence electrons. The van der Waals surface area contributed by atoms with E-state index >= 15 is 0 Å². The normalized spacial score (nSPS) is 12.4. The first-order chi connectivity index (χ1) is 11.1. The van der Waals surface area contributed by atoms with E-state index < -0.39 is 0 Å². The largest absolute Gasteiger partial charge is 0.467 e. The van der Waals surface area contributed by atoms with Gasteiger partial charge < -0.3 is 9.73 Å². The lowest BCUT2D eigenvalue weighted by Crippen LogP contribution is -2.28. The molecule has 0 spiro atoms. The molecule has 6 nitrogen and oxygen atoms in total. The van der Waals surface area contributed by atoms with Gasteiger partial charge in [0.2, 0.25) is 5.91 Å². The maximum atomic E-state index is 12.2. The van der Waals surface area contributed by atoms with Crippen molar-refractivity contribution in [3.63, 3.8) is 0 Å². The molecule has 3 rings (SSSR count). The fourth-order valence-electron chi connectivity index (χ4n) is 2.12. The topological polar surface area (TPSA) is 77.1 Å². The van der Waals surface area contributed by atoms with Crippen molar-refractivity contribution >= 4 is 39.2 Å². The third-order valence-corrected chi connectivity index (χ3v) is 5.25. The molecule has 3 heterocycles. The molecule has 1 unspecified atom stereocenters. The van der Waals surface area contributed by atoms with E-state index in [2.05, 4.69) is 10.3 Å². The van der Waals surface area contributed by atoms with E-state index in [0.717, 1.165) is 0 Å². The van der Waals surface area contributed by atoms with Gasteiger partial charge in [0.05, 0.1) is 23.6 Å². The quantitative estimate of drug-likeness (QED) is 0.566. The van der Waals surface area contributed by atoms with Crippen LogP contribution in [0.1, 0.15) is 18.7 Å². The molecular weight excluding hydrogens is 334 g/mol. The van der Waals surface area contributed by atoms with E-state index in [9.17, 15) is 9.59 Å². The van der Waals surface area contributed by atoms with Crippen molar-refractivity contribution in [3.8, 4) is 0 Å². The number of amides is 1. The van der Waals surface area contributed by atoms with Crippen LogP contribution in [0.5, 0.6) is 0 Å². The Balaban J connectivity index is 1.67. The van der Waals surface area contributed by atoms with Gasteiger partial charge in [-0.25, -0.2) is 4.98 Å². The minimum absolute atomic E-state index is 0.0862. The van der Waals surface area contributed by atoms with Crippen molar-refractivity contribution < 1.29 is 9.21 Å². The molecule has 0 aliphatic heterocycles. The summed E-state index contributed by atoms with van der Waals surface area (Å²) in [5.41, 5.74) is 0.585. The lowest BCUT2D eigenvalue weighted by atomic mass is 10.2. The van der Waals surface area contributed by atoms with Crippen molar-refractivity contribution in [2.24, 2.45) is 7.05 Å². The van der Waals surface area contributed by atoms with Gasteiger partial charge in [0.1, 0.15) is 10.5 Å². The van der Waals surface area contributed by atoms with Crippen molar-refractivity contribution in [3.05, 3.63) is 46.0 Å². The maximum absolute atomic E-state index is 12.2. The summed E-state index contributed by atoms with van der Waals surface area (Å²) in [6.07, 6.45) is 1.57. The zero-order valence-corrected chi connectivity index (χ0v) is 14.2. The molecule has 23 heavy (non-hydrogen) atoms. The average molecular weight is 349 g/mol. The Morgan fingerprint density at radius 2 is 2.35 bits per heavy atom. The molecule has 3 aromatic rings. The number of carbonyl (C=O) groups is 1. The summed E-state index contributed by atoms with van der Waals surface area (Å²) in [6.45, 7) is 1.85. The van der Waals surface area contributed by atoms with Gasteiger partial charge >= 0.3 is 0 Å². The molecule has 0 aliphatic rings. The van der Waals surface area contributed by atoms with Crippen molar-refractivity contribution in [2.45, 2.75) is 18.1 Å². The van der Waals surface area contributed by atoms with Gasteiger partial charge in [-0.15, -0.1) is 11.3 Å². The molecule has 0 radical (unpaired) electrons. The third kappa shape index (κ3) is 3.32. The van der Waals surface area contributed by atoms with Crippen LogP contribution in [0.3, 0.4) is 0 Å². The predicted molar refractivity (Wildman–Crippen MR) is 90.9 cm³/mol. The molecule has 0 aromatic carbocycles. The van der Waals surface area contributed by atoms with Gasteiger partial charge in [-0.2, -0.15) is 0 Å². The average Bonchev–Trinajstić information content (AvgIpc) is 3.20. The second kappa shape index (κ2) is 6.59. The summed E-state index contributed by atoms with van der Waals surface area (Å²) < 4.78 is 7.37. The van der Waals surface area contributed by atoms with E-state index in [-0.39, 0.29) is 23.3 Å². The van der Waals surface area contributed by atoms with Crippen LogP contribution in [0.25, 0.3) is 10.2 Å². The Morgan fingerprint density at radius 1 is 1.52 bits per heavy atom. The Hall–Kier alpha value is -2.06. The smallest absolute Gasteiger partial charge is 0.271 e. The van der Waals surface area contributed by atoms with E-state index in [0.29, 0.717) is 21.1 Å². The standard InChI is InChI=1S/C15H15N3O3S2/c1-9(11-4-3-6-21-11)16-12(19)8-23-15-17-10-5-7-22-13(10)14(20)18(15)2/h3-7,9H,8H2,1-2H3,(H,16,19). The number of carbonyl (C=O) groups excluding carboxylic acids is 1. The second-order valence-electron chi connectivity index (χ2n) is 4.99. The fourth-order valence-corrected chi connectivity index (χ4v) is 3.71. The molecule has 8 heteroatoms. The first kappa shape index (κ1) is 15.8. The Labute approximate surface area is 140 Å². The summed E-state index contributed by atoms with van der Waals surface area (Å²) in [4.78, 5) is 28.7. The van der Waals surface area contributed by atoms with E-state index in [1.54, 1.807) is 19.4 Å². The van der Waals surface area contributed by atoms with Crippen LogP contribution < -0.4 is 10.9 Å². The van der Waals surface area contributed by atoms with Crippen molar-refractivity contribution in [2.75, 3.05) is 5.75 Å². The van der Waals surface area contributed by atoms with Crippen molar-refractivity contribution in [1.29, 1.82) is 0 Å². The molecular formula is C15H15N3O3S2. The third-order valence-electron chi connectivity index (χ3n) is 3.33. The first-order valence-corrected chi connectivity index (χ1v) is 8.82. The van der Waals surface area contributed by atoms with Gasteiger partial charge in [-0.05, 0) is 30.5 Å². The molecule has 1 N–H and O–H groups in total. The Kier molecular flexibility index (Phi) is 4.53. The molecule has 0 bridgehead atoms. The summed E-state index contributed by atoms with van der Waals surface area (Å²) in [7, 11) is 1.67. The monoisotopic (exact) mass is 349 g/mol. The number of aromatic nitrogens is 2. The fraction of sp³-hybridized carbons (Fsp3) is 0.267. The zero-order chi connectivity index (χ0) is 16.4. The number of nitrogens with zero attached hydrogens (tertiary/aromatic N) is 2. The number of fused-ring (bicyclic) bond motifs is 1. The van der Waals surface area contributed by atoms with Gasteiger partial charge in [-0.3, -0.25) is 14.2 Å². The van der Waals surface area contributed by atoms with E-state index in [4.69, 9.17) is 4.42 Å².